The predicted octanol–water partition coefficient (Wildman–Crippen LogP) is 4.86. The molecule has 0 saturated carbocycles. The summed E-state index contributed by atoms with van der Waals surface area (Å²) >= 11 is 0. The van der Waals surface area contributed by atoms with Crippen LogP contribution in [0, 0.1) is 5.92 Å². The zero-order valence-corrected chi connectivity index (χ0v) is 16.9. The molecule has 2 aromatic carbocycles. The summed E-state index contributed by atoms with van der Waals surface area (Å²) in [5.41, 5.74) is 4.20. The molecule has 0 bridgehead atoms. The van der Waals surface area contributed by atoms with Gasteiger partial charge in [-0.2, -0.15) is 0 Å². The molecule has 3 aromatic heterocycles. The predicted molar refractivity (Wildman–Crippen MR) is 116 cm³/mol. The van der Waals surface area contributed by atoms with Gasteiger partial charge in [-0.05, 0) is 35.7 Å². The zero-order valence-electron chi connectivity index (χ0n) is 16.9. The highest BCUT2D eigenvalue weighted by Crippen LogP contribution is 2.41. The van der Waals surface area contributed by atoms with Crippen molar-refractivity contribution in [2.45, 2.75) is 13.8 Å². The molecule has 7 heteroatoms. The number of pyridine rings is 1. The second kappa shape index (κ2) is 6.95. The van der Waals surface area contributed by atoms with Crippen molar-refractivity contribution in [2.75, 3.05) is 13.7 Å². The zero-order chi connectivity index (χ0) is 20.8. The molecular weight excluding hydrogens is 382 g/mol. The number of nitrogens with zero attached hydrogens (tertiary/aromatic N) is 1. The van der Waals surface area contributed by atoms with E-state index in [2.05, 4.69) is 24.0 Å². The van der Waals surface area contributed by atoms with E-state index in [1.54, 1.807) is 13.2 Å². The van der Waals surface area contributed by atoms with Crippen molar-refractivity contribution in [3.8, 4) is 22.6 Å². The molecule has 2 N–H and O–H groups in total. The van der Waals surface area contributed by atoms with Gasteiger partial charge in [0.1, 0.15) is 11.1 Å². The third kappa shape index (κ3) is 2.90. The molecule has 0 aliphatic carbocycles. The summed E-state index contributed by atoms with van der Waals surface area (Å²) in [5.74, 6) is 1.74. The molecule has 0 radical (unpaired) electrons. The fraction of sp³-hybridized carbons (Fsp3) is 0.217. The van der Waals surface area contributed by atoms with E-state index in [0.717, 1.165) is 21.9 Å². The van der Waals surface area contributed by atoms with Gasteiger partial charge in [0.15, 0.2) is 28.2 Å². The molecule has 5 aromatic rings. The highest BCUT2D eigenvalue weighted by Gasteiger charge is 2.20. The van der Waals surface area contributed by atoms with Gasteiger partial charge in [0, 0.05) is 28.6 Å². The highest BCUT2D eigenvalue weighted by molar-refractivity contribution is 6.14. The van der Waals surface area contributed by atoms with Crippen LogP contribution in [0.4, 0.5) is 0 Å². The Labute approximate surface area is 171 Å². The second-order valence-corrected chi connectivity index (χ2v) is 7.67. The molecule has 0 saturated heterocycles. The molecule has 0 unspecified atom stereocenters. The molecule has 0 aliphatic rings. The number of methoxy groups -OCH3 is 1. The lowest BCUT2D eigenvalue weighted by Crippen LogP contribution is -2.05. The van der Waals surface area contributed by atoms with Crippen molar-refractivity contribution >= 4 is 33.1 Å². The van der Waals surface area contributed by atoms with Crippen molar-refractivity contribution in [2.24, 2.45) is 5.92 Å². The maximum Gasteiger partial charge on any atom is 0.182 e. The van der Waals surface area contributed by atoms with Gasteiger partial charge in [0.2, 0.25) is 0 Å². The molecule has 0 aliphatic heterocycles. The van der Waals surface area contributed by atoms with E-state index in [4.69, 9.17) is 18.9 Å². The van der Waals surface area contributed by atoms with E-state index in [-0.39, 0.29) is 5.43 Å². The molecule has 7 nitrogen and oxygen atoms in total. The van der Waals surface area contributed by atoms with Gasteiger partial charge in [-0.3, -0.25) is 9.89 Å². The molecule has 0 amide bonds. The Morgan fingerprint density at radius 2 is 1.97 bits per heavy atom. The third-order valence-electron chi connectivity index (χ3n) is 5.04. The van der Waals surface area contributed by atoms with Gasteiger partial charge in [-0.25, -0.2) is 4.98 Å². The number of ether oxygens (including phenoxy) is 2. The number of aromatic nitrogens is 3. The number of fused-ring (bicyclic) bond motifs is 4. The number of hydrogen-bond donors (Lipinski definition) is 2. The minimum absolute atomic E-state index is 0.102. The third-order valence-corrected chi connectivity index (χ3v) is 5.04. The number of aromatic amines is 2. The summed E-state index contributed by atoms with van der Waals surface area (Å²) in [4.78, 5) is 16.5. The van der Waals surface area contributed by atoms with Crippen LogP contribution in [-0.2, 0) is 0 Å². The lowest BCUT2D eigenvalue weighted by atomic mass is 10.0. The molecular formula is C23H21N3O4. The van der Waals surface area contributed by atoms with Crippen molar-refractivity contribution in [3.05, 3.63) is 52.8 Å². The maximum atomic E-state index is 11.8. The van der Waals surface area contributed by atoms with Crippen LogP contribution in [0.2, 0.25) is 0 Å². The van der Waals surface area contributed by atoms with Gasteiger partial charge < -0.3 is 19.0 Å². The number of nitrogens with one attached hydrogen (secondary N) is 2. The Morgan fingerprint density at radius 3 is 2.77 bits per heavy atom. The Bertz CT molecular complexity index is 1440. The molecule has 152 valence electrons. The summed E-state index contributed by atoms with van der Waals surface area (Å²) in [5, 5.41) is 7.75. The van der Waals surface area contributed by atoms with Gasteiger partial charge >= 0.3 is 0 Å². The molecule has 0 spiro atoms. The van der Waals surface area contributed by atoms with Gasteiger partial charge in [0.25, 0.3) is 0 Å². The smallest absolute Gasteiger partial charge is 0.182 e. The molecule has 30 heavy (non-hydrogen) atoms. The monoisotopic (exact) mass is 403 g/mol. The Kier molecular flexibility index (Phi) is 4.24. The van der Waals surface area contributed by atoms with Crippen LogP contribution in [0.1, 0.15) is 13.8 Å². The topological polar surface area (TPSA) is 93.1 Å². The van der Waals surface area contributed by atoms with Crippen molar-refractivity contribution in [1.29, 1.82) is 0 Å². The molecule has 0 atom stereocenters. The summed E-state index contributed by atoms with van der Waals surface area (Å²) in [6.07, 6.45) is 1.85. The van der Waals surface area contributed by atoms with E-state index in [0.29, 0.717) is 46.4 Å². The van der Waals surface area contributed by atoms with Crippen LogP contribution in [0.5, 0.6) is 11.5 Å². The quantitative estimate of drug-likeness (QED) is 0.437. The highest BCUT2D eigenvalue weighted by atomic mass is 16.5. The van der Waals surface area contributed by atoms with Crippen LogP contribution in [0.3, 0.4) is 0 Å². The standard InChI is InChI=1S/C23H21N3O4/c1-12(2)11-29-17-7-4-13(8-19(17)28-3)20-16-10-24-26-23(16)25-21-15-6-5-14(27)9-18(15)30-22(20)21/h4-10,12H,11H2,1-3H3,(H2,24,25,26). The normalized spacial score (nSPS) is 11.7. The summed E-state index contributed by atoms with van der Waals surface area (Å²) in [6, 6.07) is 10.6. The van der Waals surface area contributed by atoms with Crippen LogP contribution in [-0.4, -0.2) is 28.9 Å². The van der Waals surface area contributed by atoms with Gasteiger partial charge in [0.05, 0.1) is 13.7 Å². The first-order valence-electron chi connectivity index (χ1n) is 9.78. The minimum Gasteiger partial charge on any atom is -0.493 e. The number of H-pyrrole nitrogens is 2. The molecule has 3 heterocycles. The van der Waals surface area contributed by atoms with E-state index in [9.17, 15) is 4.79 Å². The van der Waals surface area contributed by atoms with Crippen LogP contribution in [0.15, 0.2) is 51.8 Å². The lowest BCUT2D eigenvalue weighted by Gasteiger charge is -2.14. The maximum absolute atomic E-state index is 11.8. The Morgan fingerprint density at radius 1 is 1.10 bits per heavy atom. The number of benzene rings is 2. The van der Waals surface area contributed by atoms with E-state index >= 15 is 0 Å². The fourth-order valence-corrected chi connectivity index (χ4v) is 3.65. The average molecular weight is 403 g/mol. The minimum atomic E-state index is -0.102. The van der Waals surface area contributed by atoms with Gasteiger partial charge in [-0.15, -0.1) is 0 Å². The summed E-state index contributed by atoms with van der Waals surface area (Å²) in [6.45, 7) is 4.80. The lowest BCUT2D eigenvalue weighted by molar-refractivity contribution is 0.257. The Hall–Kier alpha value is -3.74. The van der Waals surface area contributed by atoms with Gasteiger partial charge in [-0.1, -0.05) is 19.9 Å². The van der Waals surface area contributed by atoms with Crippen LogP contribution >= 0.6 is 0 Å². The number of furan rings is 1. The fourth-order valence-electron chi connectivity index (χ4n) is 3.65. The van der Waals surface area contributed by atoms with Crippen LogP contribution in [0.25, 0.3) is 44.2 Å². The molecule has 0 fully saturated rings. The average Bonchev–Trinajstić information content (AvgIpc) is 3.34. The summed E-state index contributed by atoms with van der Waals surface area (Å²) < 4.78 is 17.6. The SMILES string of the molecule is COc1cc(-c2c3c[nH][nH]c3nc3c2oc2cc(=O)ccc23)ccc1OCC(C)C. The first-order chi connectivity index (χ1) is 14.5. The molecule has 5 rings (SSSR count). The number of hydrogen-bond acceptors (Lipinski definition) is 5. The van der Waals surface area contributed by atoms with Crippen molar-refractivity contribution in [3.63, 3.8) is 0 Å². The van der Waals surface area contributed by atoms with E-state index in [1.807, 2.05) is 24.4 Å². The van der Waals surface area contributed by atoms with E-state index in [1.165, 1.54) is 12.1 Å². The summed E-state index contributed by atoms with van der Waals surface area (Å²) in [7, 11) is 1.63. The largest absolute Gasteiger partial charge is 0.493 e. The van der Waals surface area contributed by atoms with E-state index < -0.39 is 0 Å². The second-order valence-electron chi connectivity index (χ2n) is 7.67. The number of rotatable bonds is 5. The van der Waals surface area contributed by atoms with Crippen LogP contribution < -0.4 is 14.9 Å². The van der Waals surface area contributed by atoms with Crippen molar-refractivity contribution in [1.82, 2.24) is 15.2 Å². The first kappa shape index (κ1) is 18.3. The van der Waals surface area contributed by atoms with Crippen molar-refractivity contribution < 1.29 is 13.9 Å². The Balaban J connectivity index is 1.77. The first-order valence-corrected chi connectivity index (χ1v) is 9.78.